The maximum absolute atomic E-state index is 13.5. The van der Waals surface area contributed by atoms with E-state index in [1.165, 1.54) is 6.42 Å². The molecule has 6 N–H and O–H groups in total. The number of fused-ring (bicyclic) bond motifs is 3. The van der Waals surface area contributed by atoms with Gasteiger partial charge < -0.3 is 26.2 Å². The van der Waals surface area contributed by atoms with Crippen molar-refractivity contribution in [1.29, 1.82) is 0 Å². The molecule has 4 aliphatic rings. The van der Waals surface area contributed by atoms with Crippen LogP contribution in [-0.2, 0) is 27.3 Å². The number of benzene rings is 1. The molecule has 1 saturated carbocycles. The van der Waals surface area contributed by atoms with Crippen LogP contribution in [0.1, 0.15) is 48.8 Å². The van der Waals surface area contributed by atoms with Gasteiger partial charge in [-0.3, -0.25) is 19.3 Å². The number of ketones is 2. The van der Waals surface area contributed by atoms with Gasteiger partial charge in [0.1, 0.15) is 22.8 Å². The third kappa shape index (κ3) is 3.18. The highest BCUT2D eigenvalue weighted by molar-refractivity contribution is 6.22. The third-order valence-electron chi connectivity index (χ3n) is 7.86. The van der Waals surface area contributed by atoms with Crippen molar-refractivity contribution in [1.82, 2.24) is 4.90 Å². The van der Waals surface area contributed by atoms with Crippen molar-refractivity contribution in [2.45, 2.75) is 50.7 Å². The van der Waals surface area contributed by atoms with Gasteiger partial charge in [0.2, 0.25) is 5.78 Å². The lowest BCUT2D eigenvalue weighted by Gasteiger charge is -2.46. The van der Waals surface area contributed by atoms with Crippen molar-refractivity contribution in [2.75, 3.05) is 13.1 Å². The molecule has 2 fully saturated rings. The summed E-state index contributed by atoms with van der Waals surface area (Å²) < 4.78 is 0. The predicted molar refractivity (Wildman–Crippen MR) is 121 cm³/mol. The average molecular weight is 469 g/mol. The van der Waals surface area contributed by atoms with Gasteiger partial charge >= 0.3 is 0 Å². The number of primary amides is 1. The number of aromatic hydroxyl groups is 1. The Hall–Kier alpha value is -3.17. The Balaban J connectivity index is 1.58. The SMILES string of the molecule is NC(=O)C1=C(O)C2(O)C(=O)C3=C(O)c4c(ccc(CN5CCCCC5)c4O)CC3CC2CC1=O. The highest BCUT2D eigenvalue weighted by Gasteiger charge is 2.60. The number of carbonyl (C=O) groups excluding carboxylic acids is 3. The number of rotatable bonds is 3. The van der Waals surface area contributed by atoms with Gasteiger partial charge in [-0.05, 0) is 50.3 Å². The number of likely N-dealkylation sites (tertiary alicyclic amines) is 1. The summed E-state index contributed by atoms with van der Waals surface area (Å²) in [4.78, 5) is 39.8. The van der Waals surface area contributed by atoms with Gasteiger partial charge in [-0.1, -0.05) is 18.6 Å². The average Bonchev–Trinajstić information content (AvgIpc) is 2.78. The molecule has 180 valence electrons. The van der Waals surface area contributed by atoms with Crippen LogP contribution in [-0.4, -0.2) is 61.5 Å². The van der Waals surface area contributed by atoms with E-state index in [4.69, 9.17) is 5.73 Å². The quantitative estimate of drug-likeness (QED) is 0.416. The van der Waals surface area contributed by atoms with Crippen LogP contribution in [0.25, 0.3) is 5.76 Å². The van der Waals surface area contributed by atoms with Gasteiger partial charge in [-0.15, -0.1) is 0 Å². The molecular formula is C25H28N2O7. The second kappa shape index (κ2) is 7.95. The van der Waals surface area contributed by atoms with E-state index in [1.54, 1.807) is 0 Å². The molecule has 1 saturated heterocycles. The van der Waals surface area contributed by atoms with Crippen molar-refractivity contribution < 1.29 is 34.8 Å². The van der Waals surface area contributed by atoms with Crippen LogP contribution in [0.5, 0.6) is 5.75 Å². The summed E-state index contributed by atoms with van der Waals surface area (Å²) in [5, 5.41) is 44.1. The Kier molecular flexibility index (Phi) is 5.29. The molecule has 34 heavy (non-hydrogen) atoms. The number of phenols is 1. The first-order valence-electron chi connectivity index (χ1n) is 11.7. The zero-order valence-electron chi connectivity index (χ0n) is 18.7. The number of piperidine rings is 1. The summed E-state index contributed by atoms with van der Waals surface area (Å²) in [6, 6.07) is 3.67. The van der Waals surface area contributed by atoms with Gasteiger partial charge in [0.25, 0.3) is 5.91 Å². The van der Waals surface area contributed by atoms with E-state index in [-0.39, 0.29) is 29.7 Å². The second-order valence-corrected chi connectivity index (χ2v) is 9.85. The summed E-state index contributed by atoms with van der Waals surface area (Å²) in [5.74, 6) is -5.98. The molecule has 1 aromatic rings. The first-order valence-corrected chi connectivity index (χ1v) is 11.7. The molecule has 3 unspecified atom stereocenters. The first-order chi connectivity index (χ1) is 16.1. The number of nitrogens with zero attached hydrogens (tertiary/aromatic N) is 1. The van der Waals surface area contributed by atoms with E-state index in [9.17, 15) is 34.8 Å². The molecule has 1 aliphatic heterocycles. The Labute approximate surface area is 196 Å². The van der Waals surface area contributed by atoms with Crippen LogP contribution in [0.2, 0.25) is 0 Å². The fraction of sp³-hybridized carbons (Fsp3) is 0.480. The lowest BCUT2D eigenvalue weighted by atomic mass is 9.59. The van der Waals surface area contributed by atoms with Crippen LogP contribution < -0.4 is 5.73 Å². The van der Waals surface area contributed by atoms with Crippen LogP contribution in [0, 0.1) is 11.8 Å². The van der Waals surface area contributed by atoms with Crippen molar-refractivity contribution in [3.8, 4) is 5.75 Å². The van der Waals surface area contributed by atoms with Crippen LogP contribution in [0.3, 0.4) is 0 Å². The molecule has 1 aromatic carbocycles. The van der Waals surface area contributed by atoms with Gasteiger partial charge in [0.15, 0.2) is 11.4 Å². The number of amides is 1. The molecule has 1 amide bonds. The van der Waals surface area contributed by atoms with Crippen LogP contribution in [0.4, 0.5) is 0 Å². The molecule has 3 atom stereocenters. The number of carbonyl (C=O) groups is 3. The molecule has 0 spiro atoms. The predicted octanol–water partition coefficient (Wildman–Crippen LogP) is 1.41. The third-order valence-corrected chi connectivity index (χ3v) is 7.86. The molecule has 0 bridgehead atoms. The van der Waals surface area contributed by atoms with E-state index >= 15 is 0 Å². The molecule has 0 aromatic heterocycles. The minimum absolute atomic E-state index is 0.107. The molecule has 5 rings (SSSR count). The number of Topliss-reactive ketones (excluding diaryl/α,β-unsaturated/α-hetero) is 2. The topological polar surface area (TPSA) is 161 Å². The number of hydrogen-bond acceptors (Lipinski definition) is 8. The monoisotopic (exact) mass is 468 g/mol. The summed E-state index contributed by atoms with van der Waals surface area (Å²) in [7, 11) is 0. The maximum atomic E-state index is 13.5. The Morgan fingerprint density at radius 1 is 1.09 bits per heavy atom. The summed E-state index contributed by atoms with van der Waals surface area (Å²) in [6.45, 7) is 2.36. The van der Waals surface area contributed by atoms with Crippen molar-refractivity contribution in [3.05, 3.63) is 45.7 Å². The van der Waals surface area contributed by atoms with E-state index in [0.717, 1.165) is 25.9 Å². The minimum Gasteiger partial charge on any atom is -0.508 e. The number of aliphatic hydroxyl groups excluding tert-OH is 2. The summed E-state index contributed by atoms with van der Waals surface area (Å²) in [5.41, 5.74) is 3.24. The molecule has 1 heterocycles. The number of nitrogens with two attached hydrogens (primary N) is 1. The van der Waals surface area contributed by atoms with Crippen LogP contribution >= 0.6 is 0 Å². The smallest absolute Gasteiger partial charge is 0.255 e. The Bertz CT molecular complexity index is 1180. The fourth-order valence-electron chi connectivity index (χ4n) is 6.13. The van der Waals surface area contributed by atoms with Gasteiger partial charge in [0, 0.05) is 30.0 Å². The summed E-state index contributed by atoms with van der Waals surface area (Å²) in [6.07, 6.45) is 3.50. The lowest BCUT2D eigenvalue weighted by Crippen LogP contribution is -2.58. The van der Waals surface area contributed by atoms with Crippen molar-refractivity contribution in [3.63, 3.8) is 0 Å². The first kappa shape index (κ1) is 22.6. The van der Waals surface area contributed by atoms with E-state index in [0.29, 0.717) is 24.1 Å². The summed E-state index contributed by atoms with van der Waals surface area (Å²) >= 11 is 0. The minimum atomic E-state index is -2.53. The fourth-order valence-corrected chi connectivity index (χ4v) is 6.13. The van der Waals surface area contributed by atoms with Gasteiger partial charge in [-0.25, -0.2) is 0 Å². The highest BCUT2D eigenvalue weighted by Crippen LogP contribution is 2.52. The van der Waals surface area contributed by atoms with Crippen molar-refractivity contribution >= 4 is 23.2 Å². The zero-order valence-corrected chi connectivity index (χ0v) is 18.7. The molecular weight excluding hydrogens is 440 g/mol. The number of hydrogen-bond donors (Lipinski definition) is 5. The maximum Gasteiger partial charge on any atom is 0.255 e. The Morgan fingerprint density at radius 2 is 1.79 bits per heavy atom. The lowest BCUT2D eigenvalue weighted by molar-refractivity contribution is -0.147. The van der Waals surface area contributed by atoms with E-state index in [1.807, 2.05) is 12.1 Å². The van der Waals surface area contributed by atoms with Gasteiger partial charge in [0.05, 0.1) is 5.56 Å². The van der Waals surface area contributed by atoms with E-state index < -0.39 is 52.0 Å². The second-order valence-electron chi connectivity index (χ2n) is 9.85. The zero-order chi connectivity index (χ0) is 24.4. The van der Waals surface area contributed by atoms with E-state index in [2.05, 4.69) is 4.90 Å². The number of phenolic OH excluding ortho intramolecular Hbond substituents is 1. The van der Waals surface area contributed by atoms with Crippen LogP contribution in [0.15, 0.2) is 29.0 Å². The molecule has 9 heteroatoms. The van der Waals surface area contributed by atoms with Gasteiger partial charge in [-0.2, -0.15) is 0 Å². The largest absolute Gasteiger partial charge is 0.508 e. The Morgan fingerprint density at radius 3 is 2.47 bits per heavy atom. The standard InChI is InChI=1S/C25H28N2O7/c26-24(33)19-16(28)10-15-9-14-8-12-4-5-13(11-27-6-2-1-3-7-27)20(29)17(12)21(30)18(14)22(31)25(15,34)23(19)32/h4-5,14-15,29-30,32,34H,1-3,6-11H2,(H2,26,33). The highest BCUT2D eigenvalue weighted by atomic mass is 16.3. The molecule has 9 nitrogen and oxygen atoms in total. The van der Waals surface area contributed by atoms with Crippen molar-refractivity contribution in [2.24, 2.45) is 17.6 Å². The normalized spacial score (nSPS) is 29.6. The number of aliphatic hydroxyl groups is 3. The molecule has 3 aliphatic carbocycles. The molecule has 0 radical (unpaired) electrons.